The molecule has 0 unspecified atom stereocenters. The molecular formula is C17H15FN2O3S. The third-order valence-electron chi connectivity index (χ3n) is 3.23. The SMILES string of the molecule is Cc1nc(COc2ccc(F)cc2)sc1C(=O)NCc1ccco1. The van der Waals surface area contributed by atoms with Crippen LogP contribution in [-0.4, -0.2) is 10.9 Å². The number of benzene rings is 1. The topological polar surface area (TPSA) is 64.4 Å². The molecule has 1 aromatic carbocycles. The number of furan rings is 1. The summed E-state index contributed by atoms with van der Waals surface area (Å²) < 4.78 is 23.6. The maximum absolute atomic E-state index is 12.9. The highest BCUT2D eigenvalue weighted by molar-refractivity contribution is 7.13. The van der Waals surface area contributed by atoms with Gasteiger partial charge in [0.2, 0.25) is 0 Å². The van der Waals surface area contributed by atoms with Crippen molar-refractivity contribution in [3.05, 3.63) is 69.8 Å². The molecule has 1 N–H and O–H groups in total. The summed E-state index contributed by atoms with van der Waals surface area (Å²) in [6, 6.07) is 9.32. The van der Waals surface area contributed by atoms with Gasteiger partial charge in [-0.3, -0.25) is 4.79 Å². The molecule has 2 heterocycles. The lowest BCUT2D eigenvalue weighted by molar-refractivity contribution is 0.0951. The summed E-state index contributed by atoms with van der Waals surface area (Å²) in [7, 11) is 0. The molecule has 0 saturated heterocycles. The number of hydrogen-bond acceptors (Lipinski definition) is 5. The molecule has 1 amide bonds. The van der Waals surface area contributed by atoms with Gasteiger partial charge >= 0.3 is 0 Å². The fraction of sp³-hybridized carbons (Fsp3) is 0.176. The van der Waals surface area contributed by atoms with Gasteiger partial charge in [0.25, 0.3) is 5.91 Å². The lowest BCUT2D eigenvalue weighted by Crippen LogP contribution is -2.22. The normalized spacial score (nSPS) is 10.6. The molecule has 5 nitrogen and oxygen atoms in total. The Hall–Kier alpha value is -2.67. The van der Waals surface area contributed by atoms with Crippen molar-refractivity contribution in [3.63, 3.8) is 0 Å². The molecule has 0 radical (unpaired) electrons. The molecule has 0 spiro atoms. The average molecular weight is 346 g/mol. The van der Waals surface area contributed by atoms with E-state index in [1.165, 1.54) is 23.5 Å². The van der Waals surface area contributed by atoms with Crippen molar-refractivity contribution in [2.75, 3.05) is 0 Å². The van der Waals surface area contributed by atoms with Gasteiger partial charge in [-0.2, -0.15) is 0 Å². The lowest BCUT2D eigenvalue weighted by atomic mass is 10.3. The minimum atomic E-state index is -0.317. The van der Waals surface area contributed by atoms with E-state index in [1.807, 2.05) is 0 Å². The monoisotopic (exact) mass is 346 g/mol. The fourth-order valence-electron chi connectivity index (χ4n) is 2.06. The van der Waals surface area contributed by atoms with Crippen molar-refractivity contribution in [1.29, 1.82) is 0 Å². The highest BCUT2D eigenvalue weighted by Crippen LogP contribution is 2.20. The predicted molar refractivity (Wildman–Crippen MR) is 87.5 cm³/mol. The predicted octanol–water partition coefficient (Wildman–Crippen LogP) is 3.69. The first-order valence-corrected chi connectivity index (χ1v) is 8.09. The highest BCUT2D eigenvalue weighted by atomic mass is 32.1. The summed E-state index contributed by atoms with van der Waals surface area (Å²) >= 11 is 1.27. The molecular weight excluding hydrogens is 331 g/mol. The van der Waals surface area contributed by atoms with Crippen molar-refractivity contribution in [2.24, 2.45) is 0 Å². The maximum Gasteiger partial charge on any atom is 0.263 e. The van der Waals surface area contributed by atoms with Gasteiger partial charge in [-0.15, -0.1) is 11.3 Å². The van der Waals surface area contributed by atoms with Crippen LogP contribution in [0.15, 0.2) is 47.1 Å². The van der Waals surface area contributed by atoms with Gasteiger partial charge in [-0.25, -0.2) is 9.37 Å². The van der Waals surface area contributed by atoms with E-state index in [0.29, 0.717) is 33.6 Å². The maximum atomic E-state index is 12.9. The molecule has 7 heteroatoms. The second kappa shape index (κ2) is 7.27. The van der Waals surface area contributed by atoms with E-state index in [2.05, 4.69) is 10.3 Å². The van der Waals surface area contributed by atoms with Gasteiger partial charge in [0.15, 0.2) is 0 Å². The van der Waals surface area contributed by atoms with Crippen LogP contribution in [0.2, 0.25) is 0 Å². The van der Waals surface area contributed by atoms with Crippen molar-refractivity contribution in [2.45, 2.75) is 20.1 Å². The summed E-state index contributed by atoms with van der Waals surface area (Å²) in [4.78, 5) is 17.1. The summed E-state index contributed by atoms with van der Waals surface area (Å²) in [5.74, 6) is 0.718. The van der Waals surface area contributed by atoms with Crippen LogP contribution in [0, 0.1) is 12.7 Å². The molecule has 0 bridgehead atoms. The number of hydrogen-bond donors (Lipinski definition) is 1. The highest BCUT2D eigenvalue weighted by Gasteiger charge is 2.15. The smallest absolute Gasteiger partial charge is 0.263 e. The van der Waals surface area contributed by atoms with E-state index in [1.54, 1.807) is 37.5 Å². The van der Waals surface area contributed by atoms with E-state index in [4.69, 9.17) is 9.15 Å². The van der Waals surface area contributed by atoms with Gasteiger partial charge in [-0.1, -0.05) is 0 Å². The number of aryl methyl sites for hydroxylation is 1. The fourth-order valence-corrected chi connectivity index (χ4v) is 2.96. The number of carbonyl (C=O) groups is 1. The van der Waals surface area contributed by atoms with E-state index >= 15 is 0 Å². The van der Waals surface area contributed by atoms with Crippen molar-refractivity contribution in [3.8, 4) is 5.75 Å². The third-order valence-corrected chi connectivity index (χ3v) is 4.36. The van der Waals surface area contributed by atoms with Crippen LogP contribution in [0.4, 0.5) is 4.39 Å². The molecule has 0 aliphatic heterocycles. The summed E-state index contributed by atoms with van der Waals surface area (Å²) in [5.41, 5.74) is 0.648. The first-order chi connectivity index (χ1) is 11.6. The largest absolute Gasteiger partial charge is 0.486 e. The quantitative estimate of drug-likeness (QED) is 0.739. The number of ether oxygens (including phenoxy) is 1. The zero-order chi connectivity index (χ0) is 16.9. The van der Waals surface area contributed by atoms with Gasteiger partial charge in [0.05, 0.1) is 18.5 Å². The third kappa shape index (κ3) is 3.99. The Kier molecular flexibility index (Phi) is 4.90. The van der Waals surface area contributed by atoms with Gasteiger partial charge in [-0.05, 0) is 43.3 Å². The van der Waals surface area contributed by atoms with Crippen LogP contribution >= 0.6 is 11.3 Å². The first-order valence-electron chi connectivity index (χ1n) is 7.27. The number of halogens is 1. The van der Waals surface area contributed by atoms with Crippen LogP contribution < -0.4 is 10.1 Å². The zero-order valence-electron chi connectivity index (χ0n) is 12.9. The van der Waals surface area contributed by atoms with Gasteiger partial charge in [0, 0.05) is 0 Å². The Balaban J connectivity index is 1.59. The summed E-state index contributed by atoms with van der Waals surface area (Å²) in [6.07, 6.45) is 1.56. The van der Waals surface area contributed by atoms with Crippen molar-refractivity contribution in [1.82, 2.24) is 10.3 Å². The molecule has 124 valence electrons. The Morgan fingerprint density at radius 1 is 1.33 bits per heavy atom. The Morgan fingerprint density at radius 2 is 2.12 bits per heavy atom. The van der Waals surface area contributed by atoms with Crippen molar-refractivity contribution < 1.29 is 18.3 Å². The second-order valence-corrected chi connectivity index (χ2v) is 6.11. The van der Waals surface area contributed by atoms with Crippen LogP contribution in [-0.2, 0) is 13.2 Å². The number of amides is 1. The number of thiazole rings is 1. The number of rotatable bonds is 6. The zero-order valence-corrected chi connectivity index (χ0v) is 13.7. The number of nitrogens with one attached hydrogen (secondary N) is 1. The Bertz CT molecular complexity index is 813. The first kappa shape index (κ1) is 16.2. The lowest BCUT2D eigenvalue weighted by Gasteiger charge is -2.03. The number of carbonyl (C=O) groups excluding carboxylic acids is 1. The van der Waals surface area contributed by atoms with Crippen LogP contribution in [0.25, 0.3) is 0 Å². The van der Waals surface area contributed by atoms with Crippen LogP contribution in [0.5, 0.6) is 5.75 Å². The molecule has 0 saturated carbocycles. The standard InChI is InChI=1S/C17H15FN2O3S/c1-11-16(17(21)19-9-14-3-2-8-22-14)24-15(20-11)10-23-13-6-4-12(18)5-7-13/h2-8H,9-10H2,1H3,(H,19,21). The summed E-state index contributed by atoms with van der Waals surface area (Å²) in [5, 5.41) is 3.47. The molecule has 0 aliphatic rings. The Labute approximate surface area is 142 Å². The molecule has 2 aromatic heterocycles. The minimum Gasteiger partial charge on any atom is -0.486 e. The number of aromatic nitrogens is 1. The second-order valence-electron chi connectivity index (χ2n) is 5.03. The number of nitrogens with zero attached hydrogens (tertiary/aromatic N) is 1. The molecule has 24 heavy (non-hydrogen) atoms. The van der Waals surface area contributed by atoms with E-state index in [0.717, 1.165) is 0 Å². The van der Waals surface area contributed by atoms with E-state index in [9.17, 15) is 9.18 Å². The van der Waals surface area contributed by atoms with Crippen LogP contribution in [0.1, 0.15) is 26.1 Å². The van der Waals surface area contributed by atoms with Gasteiger partial charge in [0.1, 0.15) is 33.8 Å². The summed E-state index contributed by atoms with van der Waals surface area (Å²) in [6.45, 7) is 2.33. The van der Waals surface area contributed by atoms with Crippen LogP contribution in [0.3, 0.4) is 0 Å². The molecule has 0 atom stereocenters. The molecule has 0 aliphatic carbocycles. The average Bonchev–Trinajstić information content (AvgIpc) is 3.22. The van der Waals surface area contributed by atoms with Crippen molar-refractivity contribution >= 4 is 17.2 Å². The van der Waals surface area contributed by atoms with Gasteiger partial charge < -0.3 is 14.5 Å². The van der Waals surface area contributed by atoms with E-state index in [-0.39, 0.29) is 18.3 Å². The minimum absolute atomic E-state index is 0.200. The molecule has 3 aromatic rings. The molecule has 3 rings (SSSR count). The Morgan fingerprint density at radius 3 is 2.83 bits per heavy atom. The molecule has 0 fully saturated rings. The van der Waals surface area contributed by atoms with E-state index < -0.39 is 0 Å².